The minimum Gasteiger partial charge on any atom is -0.380 e. The third-order valence-corrected chi connectivity index (χ3v) is 5.33. The Morgan fingerprint density at radius 3 is 1.03 bits per heavy atom. The maximum atomic E-state index is 3.81. The van der Waals surface area contributed by atoms with Crippen molar-refractivity contribution in [2.24, 2.45) is 0 Å². The van der Waals surface area contributed by atoms with Gasteiger partial charge in [0.1, 0.15) is 0 Å². The van der Waals surface area contributed by atoms with Gasteiger partial charge in [0.2, 0.25) is 0 Å². The van der Waals surface area contributed by atoms with Crippen LogP contribution in [0.5, 0.6) is 0 Å². The lowest BCUT2D eigenvalue weighted by Gasteiger charge is -2.31. The van der Waals surface area contributed by atoms with Crippen molar-refractivity contribution in [3.63, 3.8) is 0 Å². The number of hydrogen-bond acceptors (Lipinski definition) is 2. The van der Waals surface area contributed by atoms with Crippen molar-refractivity contribution in [2.45, 2.75) is 24.9 Å². The minimum absolute atomic E-state index is 0.218. The fourth-order valence-corrected chi connectivity index (χ4v) is 3.82. The molecule has 0 fully saturated rings. The molecule has 0 aliphatic carbocycles. The standard InChI is InChI=1S/C28H28N2/c1-5-13-23(14-6-1)21-27(29-25-17-9-3-10-18-25)28(22-24-15-7-2-8-16-24)30-26-19-11-4-12-20-26/h1-20,27-30H,21-22H2. The molecule has 2 N–H and O–H groups in total. The Kier molecular flexibility index (Phi) is 6.80. The topological polar surface area (TPSA) is 24.1 Å². The van der Waals surface area contributed by atoms with Crippen molar-refractivity contribution < 1.29 is 0 Å². The molecule has 0 saturated heterocycles. The van der Waals surface area contributed by atoms with Gasteiger partial charge in [-0.05, 0) is 48.2 Å². The van der Waals surface area contributed by atoms with Gasteiger partial charge in [0, 0.05) is 11.4 Å². The first kappa shape index (κ1) is 19.8. The van der Waals surface area contributed by atoms with Crippen LogP contribution >= 0.6 is 0 Å². The van der Waals surface area contributed by atoms with E-state index < -0.39 is 0 Å². The van der Waals surface area contributed by atoms with Crippen molar-refractivity contribution >= 4 is 11.4 Å². The second kappa shape index (κ2) is 10.3. The normalized spacial score (nSPS) is 12.7. The van der Waals surface area contributed by atoms with Crippen molar-refractivity contribution in [3.8, 4) is 0 Å². The molecule has 2 atom stereocenters. The lowest BCUT2D eigenvalue weighted by atomic mass is 9.93. The van der Waals surface area contributed by atoms with Crippen LogP contribution in [0.25, 0.3) is 0 Å². The summed E-state index contributed by atoms with van der Waals surface area (Å²) in [5, 5.41) is 7.61. The quantitative estimate of drug-likeness (QED) is 0.343. The van der Waals surface area contributed by atoms with Crippen molar-refractivity contribution in [2.75, 3.05) is 10.6 Å². The van der Waals surface area contributed by atoms with Crippen molar-refractivity contribution in [1.29, 1.82) is 0 Å². The Morgan fingerprint density at radius 1 is 0.400 bits per heavy atom. The molecule has 4 aromatic carbocycles. The molecule has 4 aromatic rings. The third-order valence-electron chi connectivity index (χ3n) is 5.33. The summed E-state index contributed by atoms with van der Waals surface area (Å²) in [6.45, 7) is 0. The van der Waals surface area contributed by atoms with Gasteiger partial charge in [0.25, 0.3) is 0 Å². The zero-order valence-corrected chi connectivity index (χ0v) is 17.1. The van der Waals surface area contributed by atoms with E-state index in [0.29, 0.717) is 0 Å². The number of anilines is 2. The molecule has 2 unspecified atom stereocenters. The zero-order valence-electron chi connectivity index (χ0n) is 17.1. The second-order valence-electron chi connectivity index (χ2n) is 7.61. The Hall–Kier alpha value is -3.52. The van der Waals surface area contributed by atoms with Crippen LogP contribution in [0.3, 0.4) is 0 Å². The molecule has 2 nitrogen and oxygen atoms in total. The van der Waals surface area contributed by atoms with Gasteiger partial charge in [-0.15, -0.1) is 0 Å². The molecule has 0 heterocycles. The molecule has 30 heavy (non-hydrogen) atoms. The molecule has 0 spiro atoms. The van der Waals surface area contributed by atoms with E-state index in [0.717, 1.165) is 24.2 Å². The van der Waals surface area contributed by atoms with Crippen molar-refractivity contribution in [3.05, 3.63) is 132 Å². The maximum absolute atomic E-state index is 3.81. The Bertz CT molecular complexity index is 818. The highest BCUT2D eigenvalue weighted by Crippen LogP contribution is 2.20. The van der Waals surface area contributed by atoms with Crippen LogP contribution in [-0.2, 0) is 12.8 Å². The molecule has 0 aromatic heterocycles. The predicted octanol–water partition coefficient (Wildman–Crippen LogP) is 6.43. The monoisotopic (exact) mass is 392 g/mol. The Balaban J connectivity index is 1.64. The van der Waals surface area contributed by atoms with E-state index in [1.54, 1.807) is 0 Å². The van der Waals surface area contributed by atoms with Crippen LogP contribution in [-0.4, -0.2) is 12.1 Å². The molecule has 0 bridgehead atoms. The van der Waals surface area contributed by atoms with Gasteiger partial charge in [0.15, 0.2) is 0 Å². The van der Waals surface area contributed by atoms with Gasteiger partial charge in [-0.25, -0.2) is 0 Å². The summed E-state index contributed by atoms with van der Waals surface area (Å²) in [4.78, 5) is 0. The third kappa shape index (κ3) is 5.74. The second-order valence-corrected chi connectivity index (χ2v) is 7.61. The molecule has 0 amide bonds. The molecule has 0 aliphatic rings. The Labute approximate surface area is 179 Å². The molecular formula is C28H28N2. The fourth-order valence-electron chi connectivity index (χ4n) is 3.82. The van der Waals surface area contributed by atoms with E-state index in [9.17, 15) is 0 Å². The van der Waals surface area contributed by atoms with Gasteiger partial charge in [-0.3, -0.25) is 0 Å². The highest BCUT2D eigenvalue weighted by atomic mass is 15.0. The zero-order chi connectivity index (χ0) is 20.4. The summed E-state index contributed by atoms with van der Waals surface area (Å²) in [7, 11) is 0. The summed E-state index contributed by atoms with van der Waals surface area (Å²) < 4.78 is 0. The van der Waals surface area contributed by atoms with Gasteiger partial charge in [-0.1, -0.05) is 97.1 Å². The first-order valence-corrected chi connectivity index (χ1v) is 10.6. The van der Waals surface area contributed by atoms with Crippen LogP contribution < -0.4 is 10.6 Å². The first-order valence-electron chi connectivity index (χ1n) is 10.6. The highest BCUT2D eigenvalue weighted by Gasteiger charge is 2.22. The van der Waals surface area contributed by atoms with Gasteiger partial charge in [-0.2, -0.15) is 0 Å². The van der Waals surface area contributed by atoms with Crippen molar-refractivity contribution in [1.82, 2.24) is 0 Å². The first-order chi connectivity index (χ1) is 14.9. The molecule has 0 radical (unpaired) electrons. The number of hydrogen-bond donors (Lipinski definition) is 2. The largest absolute Gasteiger partial charge is 0.380 e. The average molecular weight is 393 g/mol. The molecule has 4 rings (SSSR count). The van der Waals surface area contributed by atoms with Crippen LogP contribution in [0.4, 0.5) is 11.4 Å². The molecule has 0 aliphatic heterocycles. The van der Waals surface area contributed by atoms with E-state index >= 15 is 0 Å². The summed E-state index contributed by atoms with van der Waals surface area (Å²) in [6, 6.07) is 42.9. The van der Waals surface area contributed by atoms with Crippen LogP contribution in [0, 0.1) is 0 Å². The lowest BCUT2D eigenvalue weighted by Crippen LogP contribution is -2.42. The molecule has 2 heteroatoms. The van der Waals surface area contributed by atoms with Crippen LogP contribution in [0.15, 0.2) is 121 Å². The smallest absolute Gasteiger partial charge is 0.0506 e. The summed E-state index contributed by atoms with van der Waals surface area (Å²) in [5.74, 6) is 0. The molecule has 0 saturated carbocycles. The number of rotatable bonds is 9. The van der Waals surface area contributed by atoms with E-state index in [1.807, 2.05) is 0 Å². The summed E-state index contributed by atoms with van der Waals surface area (Å²) in [5.41, 5.74) is 4.95. The minimum atomic E-state index is 0.218. The maximum Gasteiger partial charge on any atom is 0.0506 e. The van der Waals surface area contributed by atoms with Gasteiger partial charge in [0.05, 0.1) is 12.1 Å². The van der Waals surface area contributed by atoms with Gasteiger partial charge < -0.3 is 10.6 Å². The predicted molar refractivity (Wildman–Crippen MR) is 128 cm³/mol. The number of para-hydroxylation sites is 2. The van der Waals surface area contributed by atoms with Gasteiger partial charge >= 0.3 is 0 Å². The van der Waals surface area contributed by atoms with E-state index in [1.165, 1.54) is 11.1 Å². The van der Waals surface area contributed by atoms with E-state index in [4.69, 9.17) is 0 Å². The summed E-state index contributed by atoms with van der Waals surface area (Å²) >= 11 is 0. The Morgan fingerprint density at radius 2 is 0.700 bits per heavy atom. The van der Waals surface area contributed by atoms with E-state index in [-0.39, 0.29) is 12.1 Å². The molecule has 150 valence electrons. The number of nitrogens with one attached hydrogen (secondary N) is 2. The number of benzene rings is 4. The fraction of sp³-hybridized carbons (Fsp3) is 0.143. The van der Waals surface area contributed by atoms with Crippen LogP contribution in [0.1, 0.15) is 11.1 Å². The average Bonchev–Trinajstić information content (AvgIpc) is 2.81. The lowest BCUT2D eigenvalue weighted by molar-refractivity contribution is 0.581. The SMILES string of the molecule is c1ccc(CC(Nc2ccccc2)C(Cc2ccccc2)Nc2ccccc2)cc1. The van der Waals surface area contributed by atoms with Crippen LogP contribution in [0.2, 0.25) is 0 Å². The summed E-state index contributed by atoms with van der Waals surface area (Å²) in [6.07, 6.45) is 1.88. The molecular weight excluding hydrogens is 364 g/mol. The highest BCUT2D eigenvalue weighted by molar-refractivity contribution is 5.48. The van der Waals surface area contributed by atoms with E-state index in [2.05, 4.69) is 132 Å².